The third-order valence-electron chi connectivity index (χ3n) is 3.44. The minimum atomic E-state index is -0.282. The van der Waals surface area contributed by atoms with Gasteiger partial charge in [-0.15, -0.1) is 0 Å². The first-order valence-corrected chi connectivity index (χ1v) is 5.03. The van der Waals surface area contributed by atoms with Crippen molar-refractivity contribution in [3.8, 4) is 0 Å². The summed E-state index contributed by atoms with van der Waals surface area (Å²) in [5.74, 6) is 0.376. The lowest BCUT2D eigenvalue weighted by Gasteiger charge is -2.37. The molecule has 2 aliphatic rings. The summed E-state index contributed by atoms with van der Waals surface area (Å²) in [6.45, 7) is 5.95. The maximum atomic E-state index is 11.3. The molecule has 0 bridgehead atoms. The highest BCUT2D eigenvalue weighted by atomic mass is 16.6. The highest BCUT2D eigenvalue weighted by molar-refractivity contribution is 5.73. The first kappa shape index (κ1) is 8.79. The van der Waals surface area contributed by atoms with Gasteiger partial charge < -0.3 is 4.74 Å². The largest absolute Gasteiger partial charge is 0.454 e. The van der Waals surface area contributed by atoms with Crippen molar-refractivity contribution in [2.45, 2.75) is 44.6 Å². The maximum absolute atomic E-state index is 11.3. The molecule has 2 nitrogen and oxygen atoms in total. The van der Waals surface area contributed by atoms with Crippen molar-refractivity contribution in [2.24, 2.45) is 5.92 Å². The molecule has 13 heavy (non-hydrogen) atoms. The van der Waals surface area contributed by atoms with Crippen molar-refractivity contribution in [1.82, 2.24) is 0 Å². The molecule has 1 aliphatic carbocycles. The van der Waals surface area contributed by atoms with Gasteiger partial charge in [0.1, 0.15) is 5.60 Å². The van der Waals surface area contributed by atoms with E-state index in [0.717, 1.165) is 24.8 Å². The summed E-state index contributed by atoms with van der Waals surface area (Å²) >= 11 is 0. The Bertz CT molecular complexity index is 257. The highest BCUT2D eigenvalue weighted by Gasteiger charge is 2.50. The second-order valence-electron chi connectivity index (χ2n) is 4.29. The van der Waals surface area contributed by atoms with E-state index in [1.165, 1.54) is 6.42 Å². The Hall–Kier alpha value is -0.790. The third kappa shape index (κ3) is 1.19. The summed E-state index contributed by atoms with van der Waals surface area (Å²) in [5.41, 5.74) is 0.748. The lowest BCUT2D eigenvalue weighted by molar-refractivity contribution is -0.147. The lowest BCUT2D eigenvalue weighted by Crippen LogP contribution is -2.39. The SMILES string of the molecule is C=C(C)[C@@]12CCCC[C@@H]1CC(=O)O2. The molecule has 0 aromatic carbocycles. The van der Waals surface area contributed by atoms with Crippen LogP contribution in [0.25, 0.3) is 0 Å². The summed E-state index contributed by atoms with van der Waals surface area (Å²) in [6.07, 6.45) is 5.11. The number of esters is 1. The molecule has 0 amide bonds. The van der Waals surface area contributed by atoms with Crippen LogP contribution in [0.5, 0.6) is 0 Å². The van der Waals surface area contributed by atoms with Gasteiger partial charge in [-0.1, -0.05) is 13.0 Å². The van der Waals surface area contributed by atoms with Crippen molar-refractivity contribution < 1.29 is 9.53 Å². The molecule has 1 heterocycles. The second-order valence-corrected chi connectivity index (χ2v) is 4.29. The van der Waals surface area contributed by atoms with E-state index in [-0.39, 0.29) is 11.6 Å². The van der Waals surface area contributed by atoms with E-state index in [4.69, 9.17) is 4.74 Å². The predicted octanol–water partition coefficient (Wildman–Crippen LogP) is 2.44. The molecule has 2 atom stereocenters. The van der Waals surface area contributed by atoms with Crippen LogP contribution in [-0.4, -0.2) is 11.6 Å². The van der Waals surface area contributed by atoms with Crippen molar-refractivity contribution in [3.63, 3.8) is 0 Å². The van der Waals surface area contributed by atoms with Crippen LogP contribution >= 0.6 is 0 Å². The van der Waals surface area contributed by atoms with Crippen LogP contribution in [0.2, 0.25) is 0 Å². The monoisotopic (exact) mass is 180 g/mol. The van der Waals surface area contributed by atoms with Gasteiger partial charge in [-0.25, -0.2) is 0 Å². The Morgan fingerprint density at radius 1 is 1.62 bits per heavy atom. The number of carbonyl (C=O) groups is 1. The summed E-state index contributed by atoms with van der Waals surface area (Å²) in [5, 5.41) is 0. The van der Waals surface area contributed by atoms with Gasteiger partial charge in [0.05, 0.1) is 6.42 Å². The Labute approximate surface area is 79.0 Å². The van der Waals surface area contributed by atoms with E-state index in [9.17, 15) is 4.79 Å². The molecule has 1 saturated carbocycles. The minimum Gasteiger partial charge on any atom is -0.454 e. The summed E-state index contributed by atoms with van der Waals surface area (Å²) in [4.78, 5) is 11.3. The molecule has 0 unspecified atom stereocenters. The van der Waals surface area contributed by atoms with Crippen LogP contribution in [0.15, 0.2) is 12.2 Å². The van der Waals surface area contributed by atoms with E-state index in [1.54, 1.807) is 0 Å². The van der Waals surface area contributed by atoms with Crippen molar-refractivity contribution >= 4 is 5.97 Å². The third-order valence-corrected chi connectivity index (χ3v) is 3.44. The van der Waals surface area contributed by atoms with Gasteiger partial charge in [0, 0.05) is 5.92 Å². The molecule has 0 aromatic heterocycles. The standard InChI is InChI=1S/C11H16O2/c1-8(2)11-6-4-3-5-9(11)7-10(12)13-11/h9H,1,3-7H2,2H3/t9-,11+/m1/s1. The van der Waals surface area contributed by atoms with E-state index in [2.05, 4.69) is 6.58 Å². The fraction of sp³-hybridized carbons (Fsp3) is 0.727. The van der Waals surface area contributed by atoms with Gasteiger partial charge in [-0.05, 0) is 31.8 Å². The molecule has 0 N–H and O–H groups in total. The number of hydrogen-bond donors (Lipinski definition) is 0. The fourth-order valence-corrected chi connectivity index (χ4v) is 2.71. The average molecular weight is 180 g/mol. The average Bonchev–Trinajstić information content (AvgIpc) is 2.41. The Morgan fingerprint density at radius 2 is 2.38 bits per heavy atom. The summed E-state index contributed by atoms with van der Waals surface area (Å²) < 4.78 is 5.48. The van der Waals surface area contributed by atoms with Crippen molar-refractivity contribution in [3.05, 3.63) is 12.2 Å². The molecule has 2 fully saturated rings. The summed E-state index contributed by atoms with van der Waals surface area (Å²) in [7, 11) is 0. The molecule has 2 rings (SSSR count). The van der Waals surface area contributed by atoms with Crippen LogP contribution in [0.4, 0.5) is 0 Å². The van der Waals surface area contributed by atoms with Crippen molar-refractivity contribution in [2.75, 3.05) is 0 Å². The van der Waals surface area contributed by atoms with Gasteiger partial charge in [0.2, 0.25) is 0 Å². The van der Waals surface area contributed by atoms with Gasteiger partial charge in [-0.3, -0.25) is 4.79 Å². The van der Waals surface area contributed by atoms with Gasteiger partial charge in [0.15, 0.2) is 0 Å². The van der Waals surface area contributed by atoms with Crippen LogP contribution < -0.4 is 0 Å². The van der Waals surface area contributed by atoms with Crippen LogP contribution in [0, 0.1) is 5.92 Å². The Balaban J connectivity index is 2.29. The Kier molecular flexibility index (Phi) is 1.94. The number of carbonyl (C=O) groups excluding carboxylic acids is 1. The number of fused-ring (bicyclic) bond motifs is 1. The van der Waals surface area contributed by atoms with Gasteiger partial charge >= 0.3 is 5.97 Å². The lowest BCUT2D eigenvalue weighted by atomic mass is 9.72. The minimum absolute atomic E-state index is 0.0325. The first-order chi connectivity index (χ1) is 6.15. The zero-order valence-electron chi connectivity index (χ0n) is 8.14. The van der Waals surface area contributed by atoms with Crippen LogP contribution in [0.1, 0.15) is 39.0 Å². The number of rotatable bonds is 1. The van der Waals surface area contributed by atoms with Gasteiger partial charge in [0.25, 0.3) is 0 Å². The zero-order chi connectivity index (χ0) is 9.47. The zero-order valence-corrected chi connectivity index (χ0v) is 8.14. The molecular weight excluding hydrogens is 164 g/mol. The number of hydrogen-bond acceptors (Lipinski definition) is 2. The molecule has 0 spiro atoms. The van der Waals surface area contributed by atoms with E-state index in [1.807, 2.05) is 6.92 Å². The fourth-order valence-electron chi connectivity index (χ4n) is 2.71. The smallest absolute Gasteiger partial charge is 0.307 e. The van der Waals surface area contributed by atoms with Gasteiger partial charge in [-0.2, -0.15) is 0 Å². The topological polar surface area (TPSA) is 26.3 Å². The molecule has 2 heteroatoms. The maximum Gasteiger partial charge on any atom is 0.307 e. The second kappa shape index (κ2) is 2.86. The van der Waals surface area contributed by atoms with E-state index < -0.39 is 0 Å². The Morgan fingerprint density at radius 3 is 3.00 bits per heavy atom. The molecule has 1 aliphatic heterocycles. The molecule has 0 aromatic rings. The molecule has 72 valence electrons. The van der Waals surface area contributed by atoms with E-state index >= 15 is 0 Å². The van der Waals surface area contributed by atoms with Crippen LogP contribution in [-0.2, 0) is 9.53 Å². The number of ether oxygens (including phenoxy) is 1. The molecule has 1 saturated heterocycles. The molecule has 0 radical (unpaired) electrons. The van der Waals surface area contributed by atoms with Crippen molar-refractivity contribution in [1.29, 1.82) is 0 Å². The molecular formula is C11H16O2. The quantitative estimate of drug-likeness (QED) is 0.457. The van der Waals surface area contributed by atoms with E-state index in [0.29, 0.717) is 12.3 Å². The highest BCUT2D eigenvalue weighted by Crippen LogP contribution is 2.47. The predicted molar refractivity (Wildman–Crippen MR) is 50.2 cm³/mol. The normalized spacial score (nSPS) is 38.2. The van der Waals surface area contributed by atoms with Crippen LogP contribution in [0.3, 0.4) is 0 Å². The summed E-state index contributed by atoms with van der Waals surface area (Å²) in [6, 6.07) is 0. The first-order valence-electron chi connectivity index (χ1n) is 5.03.